The first-order valence-corrected chi connectivity index (χ1v) is 13.1. The van der Waals surface area contributed by atoms with Crippen LogP contribution < -0.4 is 5.14 Å². The van der Waals surface area contributed by atoms with E-state index in [0.29, 0.717) is 24.4 Å². The van der Waals surface area contributed by atoms with Crippen LogP contribution in [-0.2, 0) is 25.8 Å². The normalized spacial score (nSPS) is 37.3. The molecule has 0 bridgehead atoms. The van der Waals surface area contributed by atoms with Crippen LogP contribution in [0.25, 0.3) is 0 Å². The van der Waals surface area contributed by atoms with Crippen LogP contribution >= 0.6 is 0 Å². The topological polar surface area (TPSA) is 78.6 Å². The van der Waals surface area contributed by atoms with E-state index >= 15 is 0 Å². The minimum absolute atomic E-state index is 0.0919. The number of hydrogen-bond donors (Lipinski definition) is 1. The molecule has 6 atom stereocenters. The largest absolute Gasteiger partial charge is 0.369 e. The molecule has 0 heterocycles. The van der Waals surface area contributed by atoms with E-state index in [0.717, 1.165) is 38.5 Å². The minimum Gasteiger partial charge on any atom is -0.369 e. The molecule has 2 fully saturated rings. The number of nitrogens with two attached hydrogens (primary N) is 1. The predicted molar refractivity (Wildman–Crippen MR) is 120 cm³/mol. The number of fused-ring (bicyclic) bond motifs is 4. The van der Waals surface area contributed by atoms with Crippen LogP contribution in [0.4, 0.5) is 0 Å². The third kappa shape index (κ3) is 4.15. The summed E-state index contributed by atoms with van der Waals surface area (Å²) in [6.07, 6.45) is 11.7. The van der Waals surface area contributed by atoms with Gasteiger partial charge in [0.05, 0.1) is 18.8 Å². The molecule has 0 aromatic heterocycles. The first-order chi connectivity index (χ1) is 14.8. The summed E-state index contributed by atoms with van der Waals surface area (Å²) in [4.78, 5) is 0. The van der Waals surface area contributed by atoms with Crippen LogP contribution in [-0.4, -0.2) is 20.6 Å². The molecule has 2 N–H and O–H groups in total. The summed E-state index contributed by atoms with van der Waals surface area (Å²) in [6.45, 7) is 2.88. The Bertz CT molecular complexity index is 986. The van der Waals surface area contributed by atoms with Crippen LogP contribution in [0.5, 0.6) is 0 Å². The van der Waals surface area contributed by atoms with Crippen LogP contribution in [0.2, 0.25) is 0 Å². The van der Waals surface area contributed by atoms with Gasteiger partial charge in [0.25, 0.3) is 0 Å². The molecular formula is C25H33NO4S. The van der Waals surface area contributed by atoms with Crippen molar-refractivity contribution < 1.29 is 17.3 Å². The van der Waals surface area contributed by atoms with Gasteiger partial charge in [-0.2, -0.15) is 8.42 Å². The molecule has 4 aliphatic rings. The highest BCUT2D eigenvalue weighted by molar-refractivity contribution is 7.84. The van der Waals surface area contributed by atoms with Gasteiger partial charge in [0.2, 0.25) is 0 Å². The number of hydrogen-bond acceptors (Lipinski definition) is 4. The molecule has 0 saturated heterocycles. The summed E-state index contributed by atoms with van der Waals surface area (Å²) in [5.41, 5.74) is 4.23. The average molecular weight is 444 g/mol. The Morgan fingerprint density at radius 1 is 1.13 bits per heavy atom. The molecule has 5 rings (SSSR count). The van der Waals surface area contributed by atoms with E-state index < -0.39 is 10.3 Å². The van der Waals surface area contributed by atoms with E-state index in [2.05, 4.69) is 43.3 Å². The zero-order chi connectivity index (χ0) is 21.6. The molecule has 6 heteroatoms. The first kappa shape index (κ1) is 21.4. The highest BCUT2D eigenvalue weighted by Crippen LogP contribution is 2.61. The van der Waals surface area contributed by atoms with E-state index in [9.17, 15) is 8.42 Å². The van der Waals surface area contributed by atoms with Crippen molar-refractivity contribution in [1.82, 2.24) is 0 Å². The molecule has 4 aliphatic carbocycles. The van der Waals surface area contributed by atoms with Crippen LogP contribution in [0.15, 0.2) is 53.6 Å². The third-order valence-corrected chi connectivity index (χ3v) is 8.93. The third-order valence-electron chi connectivity index (χ3n) is 8.43. The van der Waals surface area contributed by atoms with E-state index in [1.165, 1.54) is 17.6 Å². The molecule has 0 amide bonds. The monoisotopic (exact) mass is 443 g/mol. The van der Waals surface area contributed by atoms with Crippen molar-refractivity contribution in [3.8, 4) is 0 Å². The molecule has 0 spiro atoms. The second kappa shape index (κ2) is 8.14. The average Bonchev–Trinajstić information content (AvgIpc) is 3.07. The molecule has 1 aromatic rings. The zero-order valence-corrected chi connectivity index (χ0v) is 19.0. The van der Waals surface area contributed by atoms with Gasteiger partial charge >= 0.3 is 10.3 Å². The van der Waals surface area contributed by atoms with Gasteiger partial charge in [0, 0.05) is 0 Å². The summed E-state index contributed by atoms with van der Waals surface area (Å²) in [6, 6.07) is 10.3. The molecule has 0 radical (unpaired) electrons. The molecule has 31 heavy (non-hydrogen) atoms. The van der Waals surface area contributed by atoms with Gasteiger partial charge in [-0.25, -0.2) is 5.14 Å². The van der Waals surface area contributed by atoms with Crippen LogP contribution in [0.3, 0.4) is 0 Å². The summed E-state index contributed by atoms with van der Waals surface area (Å²) in [5, 5.41) is 5.21. The van der Waals surface area contributed by atoms with Crippen molar-refractivity contribution in [2.24, 2.45) is 28.3 Å². The highest BCUT2D eigenvalue weighted by Gasteiger charge is 2.56. The van der Waals surface area contributed by atoms with Crippen molar-refractivity contribution in [2.45, 2.75) is 70.7 Å². The van der Waals surface area contributed by atoms with Gasteiger partial charge in [-0.1, -0.05) is 55.0 Å². The van der Waals surface area contributed by atoms with E-state index in [1.54, 1.807) is 5.57 Å². The smallest absolute Gasteiger partial charge is 0.333 e. The second-order valence-electron chi connectivity index (χ2n) is 10.1. The van der Waals surface area contributed by atoms with E-state index in [-0.39, 0.29) is 17.6 Å². The number of ether oxygens (including phenoxy) is 1. The Balaban J connectivity index is 1.27. The summed E-state index contributed by atoms with van der Waals surface area (Å²) < 4.78 is 34.7. The SMILES string of the molecule is C[C@]12CCC3C4=C(CCC3C1CC[C@H]2OS(N)(=O)=O)CC(OCc1ccccc1)C=C4. The fraction of sp³-hybridized carbons (Fsp3) is 0.600. The number of benzene rings is 1. The highest BCUT2D eigenvalue weighted by atomic mass is 32.2. The lowest BCUT2D eigenvalue weighted by Gasteiger charge is -2.51. The van der Waals surface area contributed by atoms with Crippen molar-refractivity contribution in [3.05, 3.63) is 59.2 Å². The van der Waals surface area contributed by atoms with Gasteiger partial charge < -0.3 is 4.74 Å². The Morgan fingerprint density at radius 2 is 1.94 bits per heavy atom. The van der Waals surface area contributed by atoms with Crippen molar-refractivity contribution in [1.29, 1.82) is 0 Å². The molecule has 2 saturated carbocycles. The molecule has 0 aliphatic heterocycles. The summed E-state index contributed by atoms with van der Waals surface area (Å²) in [5.74, 6) is 1.70. The fourth-order valence-electron chi connectivity index (χ4n) is 6.97. The molecule has 1 aromatic carbocycles. The Labute approximate surface area is 185 Å². The van der Waals surface area contributed by atoms with Gasteiger partial charge in [-0.15, -0.1) is 0 Å². The molecular weight excluding hydrogens is 410 g/mol. The molecule has 4 unspecified atom stereocenters. The second-order valence-corrected chi connectivity index (χ2v) is 11.3. The summed E-state index contributed by atoms with van der Waals surface area (Å²) in [7, 11) is -3.91. The lowest BCUT2D eigenvalue weighted by atomic mass is 9.55. The van der Waals surface area contributed by atoms with Crippen LogP contribution in [0.1, 0.15) is 57.4 Å². The maximum atomic E-state index is 11.6. The Hall–Kier alpha value is -1.47. The van der Waals surface area contributed by atoms with Crippen LogP contribution in [0, 0.1) is 23.2 Å². The Morgan fingerprint density at radius 3 is 2.71 bits per heavy atom. The molecule has 168 valence electrons. The molecule has 5 nitrogen and oxygen atoms in total. The summed E-state index contributed by atoms with van der Waals surface area (Å²) >= 11 is 0. The minimum atomic E-state index is -3.91. The lowest BCUT2D eigenvalue weighted by Crippen LogP contribution is -2.46. The predicted octanol–water partition coefficient (Wildman–Crippen LogP) is 4.65. The number of rotatable bonds is 5. The fourth-order valence-corrected chi connectivity index (χ4v) is 7.61. The van der Waals surface area contributed by atoms with Gasteiger partial charge in [-0.05, 0) is 79.3 Å². The van der Waals surface area contributed by atoms with E-state index in [1.807, 2.05) is 6.07 Å². The van der Waals surface area contributed by atoms with Crippen molar-refractivity contribution in [2.75, 3.05) is 0 Å². The lowest BCUT2D eigenvalue weighted by molar-refractivity contribution is -0.0174. The van der Waals surface area contributed by atoms with Gasteiger partial charge in [-0.3, -0.25) is 4.18 Å². The number of allylic oxidation sites excluding steroid dienone is 2. The Kier molecular flexibility index (Phi) is 5.62. The van der Waals surface area contributed by atoms with Gasteiger partial charge in [0.15, 0.2) is 0 Å². The van der Waals surface area contributed by atoms with E-state index in [4.69, 9.17) is 14.1 Å². The standard InChI is InChI=1S/C25H33NO4S/c1-25-14-13-21-20-10-8-19(29-16-17-5-3-2-4-6-17)15-18(20)7-9-22(21)23(25)11-12-24(25)30-31(26,27)28/h2-6,8,10,19,21-24H,7,9,11-16H2,1H3,(H2,26,27,28)/t19?,21?,22?,23?,24-,25+/m1/s1. The first-order valence-electron chi connectivity index (χ1n) is 11.6. The van der Waals surface area contributed by atoms with Gasteiger partial charge in [0.1, 0.15) is 0 Å². The van der Waals surface area contributed by atoms with Crippen molar-refractivity contribution >= 4 is 10.3 Å². The zero-order valence-electron chi connectivity index (χ0n) is 18.2. The van der Waals surface area contributed by atoms with Crippen molar-refractivity contribution in [3.63, 3.8) is 0 Å². The quantitative estimate of drug-likeness (QED) is 0.718. The maximum Gasteiger partial charge on any atom is 0.333 e. The maximum absolute atomic E-state index is 11.6.